The van der Waals surface area contributed by atoms with Gasteiger partial charge in [-0.1, -0.05) is 13.8 Å². The summed E-state index contributed by atoms with van der Waals surface area (Å²) >= 11 is 0. The van der Waals surface area contributed by atoms with Crippen LogP contribution in [0.5, 0.6) is 0 Å². The first-order chi connectivity index (χ1) is 4.68. The first-order valence-corrected chi connectivity index (χ1v) is 3.76. The largest absolute Gasteiger partial charge is 0.381 e. The molecule has 0 fully saturated rings. The lowest BCUT2D eigenvalue weighted by atomic mass is 10.1. The Kier molecular flexibility index (Phi) is 5.22. The van der Waals surface area contributed by atoms with Crippen LogP contribution < -0.4 is 0 Å². The van der Waals surface area contributed by atoms with Crippen LogP contribution in [-0.4, -0.2) is 19.0 Å². The maximum atomic E-state index is 10.7. The number of ether oxygens (including phenoxy) is 1. The molecule has 2 nitrogen and oxygen atoms in total. The van der Waals surface area contributed by atoms with Gasteiger partial charge in [0.2, 0.25) is 0 Å². The van der Waals surface area contributed by atoms with Crippen molar-refractivity contribution in [3.8, 4) is 0 Å². The van der Waals surface area contributed by atoms with E-state index < -0.39 is 0 Å². The average molecular weight is 144 g/mol. The molecule has 0 rings (SSSR count). The molecule has 0 bridgehead atoms. The van der Waals surface area contributed by atoms with Crippen molar-refractivity contribution in [3.63, 3.8) is 0 Å². The minimum absolute atomic E-state index is 0.0616. The van der Waals surface area contributed by atoms with Gasteiger partial charge in [-0.25, -0.2) is 0 Å². The molecule has 0 N–H and O–H groups in total. The number of rotatable bonds is 5. The summed E-state index contributed by atoms with van der Waals surface area (Å²) in [6, 6.07) is 0. The number of hydrogen-bond acceptors (Lipinski definition) is 2. The molecule has 1 unspecified atom stereocenters. The van der Waals surface area contributed by atoms with Crippen LogP contribution in [0.25, 0.3) is 0 Å². The minimum atomic E-state index is 0.0616. The van der Waals surface area contributed by atoms with Crippen LogP contribution in [0.4, 0.5) is 0 Å². The van der Waals surface area contributed by atoms with E-state index in [1.54, 1.807) is 6.92 Å². The Morgan fingerprint density at radius 3 is 2.60 bits per heavy atom. The summed E-state index contributed by atoms with van der Waals surface area (Å²) in [6.07, 6.45) is 1.02. The van der Waals surface area contributed by atoms with Crippen molar-refractivity contribution in [2.75, 3.05) is 13.2 Å². The minimum Gasteiger partial charge on any atom is -0.381 e. The van der Waals surface area contributed by atoms with E-state index in [4.69, 9.17) is 4.74 Å². The lowest BCUT2D eigenvalue weighted by molar-refractivity contribution is -0.122. The molecule has 60 valence electrons. The van der Waals surface area contributed by atoms with Crippen molar-refractivity contribution in [1.29, 1.82) is 0 Å². The number of ketones is 1. The van der Waals surface area contributed by atoms with Crippen molar-refractivity contribution in [1.82, 2.24) is 0 Å². The van der Waals surface area contributed by atoms with Gasteiger partial charge in [0.15, 0.2) is 0 Å². The van der Waals surface area contributed by atoms with Gasteiger partial charge in [-0.2, -0.15) is 0 Å². The molecule has 0 aliphatic heterocycles. The summed E-state index contributed by atoms with van der Waals surface area (Å²) in [5.74, 6) is 0.266. The molecule has 0 saturated carbocycles. The fourth-order valence-electron chi connectivity index (χ4n) is 0.522. The molecule has 0 radical (unpaired) electrons. The summed E-state index contributed by atoms with van der Waals surface area (Å²) in [6.45, 7) is 6.87. The van der Waals surface area contributed by atoms with E-state index in [2.05, 4.69) is 6.92 Å². The molecular weight excluding hydrogens is 128 g/mol. The quantitative estimate of drug-likeness (QED) is 0.548. The fraction of sp³-hybridized carbons (Fsp3) is 0.875. The molecule has 0 aliphatic rings. The van der Waals surface area contributed by atoms with Crippen molar-refractivity contribution >= 4 is 5.78 Å². The zero-order valence-electron chi connectivity index (χ0n) is 7.02. The molecule has 0 heterocycles. The fourth-order valence-corrected chi connectivity index (χ4v) is 0.522. The van der Waals surface area contributed by atoms with Crippen LogP contribution in [-0.2, 0) is 9.53 Å². The Labute approximate surface area is 62.6 Å². The zero-order chi connectivity index (χ0) is 7.98. The van der Waals surface area contributed by atoms with E-state index in [0.29, 0.717) is 6.61 Å². The molecule has 0 aliphatic carbocycles. The summed E-state index contributed by atoms with van der Waals surface area (Å²) in [4.78, 5) is 10.7. The van der Waals surface area contributed by atoms with Crippen LogP contribution in [0.2, 0.25) is 0 Å². The molecule has 0 aromatic carbocycles. The number of hydrogen-bond donors (Lipinski definition) is 0. The van der Waals surface area contributed by atoms with Gasteiger partial charge in [-0.05, 0) is 13.3 Å². The van der Waals surface area contributed by atoms with Crippen molar-refractivity contribution in [2.45, 2.75) is 27.2 Å². The molecule has 0 aromatic heterocycles. The third kappa shape index (κ3) is 4.50. The van der Waals surface area contributed by atoms with E-state index in [-0.39, 0.29) is 11.7 Å². The molecule has 2 heteroatoms. The van der Waals surface area contributed by atoms with E-state index in [1.165, 1.54) is 0 Å². The second-order valence-electron chi connectivity index (χ2n) is 2.59. The van der Waals surface area contributed by atoms with Crippen molar-refractivity contribution in [2.24, 2.45) is 5.92 Å². The number of carbonyl (C=O) groups excluding carboxylic acids is 1. The summed E-state index contributed by atoms with van der Waals surface area (Å²) in [7, 11) is 0. The Morgan fingerprint density at radius 2 is 2.20 bits per heavy atom. The molecule has 10 heavy (non-hydrogen) atoms. The van der Waals surface area contributed by atoms with Crippen LogP contribution in [0.1, 0.15) is 27.2 Å². The van der Waals surface area contributed by atoms with Crippen LogP contribution in [0.15, 0.2) is 0 Å². The predicted molar refractivity (Wildman–Crippen MR) is 41.0 cm³/mol. The van der Waals surface area contributed by atoms with E-state index in [0.717, 1.165) is 13.0 Å². The third-order valence-corrected chi connectivity index (χ3v) is 1.41. The second-order valence-corrected chi connectivity index (χ2v) is 2.59. The van der Waals surface area contributed by atoms with Crippen LogP contribution >= 0.6 is 0 Å². The van der Waals surface area contributed by atoms with Gasteiger partial charge in [0, 0.05) is 12.5 Å². The van der Waals surface area contributed by atoms with Gasteiger partial charge < -0.3 is 4.74 Å². The highest BCUT2D eigenvalue weighted by Crippen LogP contribution is 1.96. The SMILES string of the molecule is CCCOCC(C)C(C)=O. The van der Waals surface area contributed by atoms with Crippen molar-refractivity contribution < 1.29 is 9.53 Å². The maximum absolute atomic E-state index is 10.7. The summed E-state index contributed by atoms with van der Waals surface area (Å²) in [5.41, 5.74) is 0. The van der Waals surface area contributed by atoms with Gasteiger partial charge in [0.05, 0.1) is 6.61 Å². The van der Waals surface area contributed by atoms with Gasteiger partial charge in [0.1, 0.15) is 5.78 Å². The van der Waals surface area contributed by atoms with Gasteiger partial charge >= 0.3 is 0 Å². The first kappa shape index (κ1) is 9.63. The molecule has 0 spiro atoms. The smallest absolute Gasteiger partial charge is 0.134 e. The highest BCUT2D eigenvalue weighted by atomic mass is 16.5. The molecule has 0 amide bonds. The van der Waals surface area contributed by atoms with Gasteiger partial charge in [-0.15, -0.1) is 0 Å². The summed E-state index contributed by atoms with van der Waals surface area (Å²) < 4.78 is 5.19. The maximum Gasteiger partial charge on any atom is 0.134 e. The Balaban J connectivity index is 3.21. The lowest BCUT2D eigenvalue weighted by Crippen LogP contribution is -2.13. The third-order valence-electron chi connectivity index (χ3n) is 1.41. The number of carbonyl (C=O) groups is 1. The van der Waals surface area contributed by atoms with Gasteiger partial charge in [0.25, 0.3) is 0 Å². The lowest BCUT2D eigenvalue weighted by Gasteiger charge is -2.06. The van der Waals surface area contributed by atoms with E-state index in [9.17, 15) is 4.79 Å². The first-order valence-electron chi connectivity index (χ1n) is 3.76. The topological polar surface area (TPSA) is 26.3 Å². The average Bonchev–Trinajstić information content (AvgIpc) is 1.88. The summed E-state index contributed by atoms with van der Waals surface area (Å²) in [5, 5.41) is 0. The zero-order valence-corrected chi connectivity index (χ0v) is 7.02. The standard InChI is InChI=1S/C8H16O2/c1-4-5-10-6-7(2)8(3)9/h7H,4-6H2,1-3H3. The Hall–Kier alpha value is -0.370. The molecule has 1 atom stereocenters. The normalized spacial score (nSPS) is 13.1. The van der Waals surface area contributed by atoms with E-state index >= 15 is 0 Å². The monoisotopic (exact) mass is 144 g/mol. The van der Waals surface area contributed by atoms with Crippen molar-refractivity contribution in [3.05, 3.63) is 0 Å². The number of Topliss-reactive ketones (excluding diaryl/α,β-unsaturated/α-hetero) is 1. The van der Waals surface area contributed by atoms with Gasteiger partial charge in [-0.3, -0.25) is 4.79 Å². The van der Waals surface area contributed by atoms with Crippen LogP contribution in [0, 0.1) is 5.92 Å². The predicted octanol–water partition coefficient (Wildman–Crippen LogP) is 1.64. The van der Waals surface area contributed by atoms with Crippen LogP contribution in [0.3, 0.4) is 0 Å². The Bertz CT molecular complexity index is 99.4. The van der Waals surface area contributed by atoms with E-state index in [1.807, 2.05) is 6.92 Å². The molecule has 0 saturated heterocycles. The highest BCUT2D eigenvalue weighted by Gasteiger charge is 2.05. The second kappa shape index (κ2) is 5.42. The highest BCUT2D eigenvalue weighted by molar-refractivity contribution is 5.77. The Morgan fingerprint density at radius 1 is 1.60 bits per heavy atom. The molecule has 0 aromatic rings. The molecular formula is C8H16O2.